The normalized spacial score (nSPS) is 23.9. The van der Waals surface area contributed by atoms with Crippen LogP contribution in [0.3, 0.4) is 0 Å². The van der Waals surface area contributed by atoms with Crippen molar-refractivity contribution in [1.29, 1.82) is 0 Å². The molecule has 0 aliphatic carbocycles. The number of hydrogen-bond donors (Lipinski definition) is 2. The molecule has 42 heavy (non-hydrogen) atoms. The number of non-ortho nitro benzene ring substituents is 1. The first-order valence-corrected chi connectivity index (χ1v) is 15.1. The number of nitro groups is 1. The summed E-state index contributed by atoms with van der Waals surface area (Å²) in [6.07, 6.45) is 1.65. The number of nitrogens with one attached hydrogen (secondary N) is 1. The molecule has 4 atom stereocenters. The van der Waals surface area contributed by atoms with Gasteiger partial charge in [0.15, 0.2) is 5.43 Å². The lowest BCUT2D eigenvalue weighted by Crippen LogP contribution is -2.57. The Morgan fingerprint density at radius 2 is 1.86 bits per heavy atom. The number of halogens is 1. The number of likely N-dealkylation sites (tertiary alicyclic amines) is 1. The Kier molecular flexibility index (Phi) is 7.19. The molecule has 0 bridgehead atoms. The van der Waals surface area contributed by atoms with Crippen molar-refractivity contribution in [1.82, 2.24) is 10.2 Å². The van der Waals surface area contributed by atoms with Crippen molar-refractivity contribution in [3.63, 3.8) is 0 Å². The highest BCUT2D eigenvalue weighted by atomic mass is 35.5. The van der Waals surface area contributed by atoms with Gasteiger partial charge in [0.25, 0.3) is 5.69 Å². The SMILES string of the molecule is Cc1cc2occ(C3NC(Cc4ccc([N+](=O)[O-])cc4)(C(=O)O)C4C(=O)N(CCS(C)(=O)=O)C(=O)C34)c(=O)c2cc1Cl. The first kappa shape index (κ1) is 29.4. The van der Waals surface area contributed by atoms with Crippen LogP contribution in [-0.4, -0.2) is 65.2 Å². The molecular formula is C27H24ClN3O10S. The van der Waals surface area contributed by atoms with Crippen LogP contribution < -0.4 is 10.7 Å². The van der Waals surface area contributed by atoms with Crippen molar-refractivity contribution >= 4 is 55.9 Å². The van der Waals surface area contributed by atoms with Crippen molar-refractivity contribution in [2.75, 3.05) is 18.6 Å². The number of fused-ring (bicyclic) bond motifs is 2. The van der Waals surface area contributed by atoms with Gasteiger partial charge in [-0.15, -0.1) is 0 Å². The number of nitro benzene ring substituents is 1. The smallest absolute Gasteiger partial charge is 0.325 e. The fourth-order valence-corrected chi connectivity index (χ4v) is 6.46. The number of carboxylic acids is 1. The van der Waals surface area contributed by atoms with E-state index in [1.54, 1.807) is 13.0 Å². The molecule has 5 rings (SSSR count). The molecular weight excluding hydrogens is 594 g/mol. The van der Waals surface area contributed by atoms with Gasteiger partial charge in [-0.05, 0) is 30.2 Å². The van der Waals surface area contributed by atoms with E-state index in [1.165, 1.54) is 30.3 Å². The quantitative estimate of drug-likeness (QED) is 0.213. The number of carbonyl (C=O) groups is 3. The van der Waals surface area contributed by atoms with Crippen molar-refractivity contribution < 1.29 is 37.2 Å². The third-order valence-electron chi connectivity index (χ3n) is 7.86. The number of sulfone groups is 1. The molecule has 13 nitrogen and oxygen atoms in total. The van der Waals surface area contributed by atoms with Gasteiger partial charge in [-0.3, -0.25) is 39.5 Å². The number of carboxylic acid groups (broad SMARTS) is 1. The van der Waals surface area contributed by atoms with Crippen molar-refractivity contribution in [2.24, 2.45) is 11.8 Å². The largest absolute Gasteiger partial charge is 0.480 e. The Morgan fingerprint density at radius 1 is 1.19 bits per heavy atom. The molecule has 2 aliphatic heterocycles. The molecule has 15 heteroatoms. The minimum absolute atomic E-state index is 0.0790. The highest BCUT2D eigenvalue weighted by molar-refractivity contribution is 7.90. The lowest BCUT2D eigenvalue weighted by molar-refractivity contribution is -0.384. The second-order valence-electron chi connectivity index (χ2n) is 10.6. The van der Waals surface area contributed by atoms with Crippen LogP contribution in [0.1, 0.15) is 22.7 Å². The fourth-order valence-electron chi connectivity index (χ4n) is 5.78. The van der Waals surface area contributed by atoms with Crippen LogP contribution in [0.15, 0.2) is 51.9 Å². The first-order valence-electron chi connectivity index (χ1n) is 12.6. The van der Waals surface area contributed by atoms with E-state index in [0.29, 0.717) is 11.1 Å². The average molecular weight is 618 g/mol. The number of amides is 2. The summed E-state index contributed by atoms with van der Waals surface area (Å²) in [5.41, 5.74) is -1.94. The molecule has 0 radical (unpaired) electrons. The number of imide groups is 1. The highest BCUT2D eigenvalue weighted by Crippen LogP contribution is 2.49. The molecule has 2 N–H and O–H groups in total. The van der Waals surface area contributed by atoms with Gasteiger partial charge < -0.3 is 9.52 Å². The fraction of sp³-hybridized carbons (Fsp3) is 0.333. The van der Waals surface area contributed by atoms with Gasteiger partial charge in [-0.25, -0.2) is 8.42 Å². The Bertz CT molecular complexity index is 1840. The molecule has 220 valence electrons. The summed E-state index contributed by atoms with van der Waals surface area (Å²) in [6.45, 7) is 1.22. The van der Waals surface area contributed by atoms with Gasteiger partial charge in [0.2, 0.25) is 11.8 Å². The van der Waals surface area contributed by atoms with Crippen LogP contribution in [0.2, 0.25) is 5.02 Å². The van der Waals surface area contributed by atoms with Gasteiger partial charge >= 0.3 is 5.97 Å². The number of rotatable bonds is 8. The number of hydrogen-bond acceptors (Lipinski definition) is 10. The van der Waals surface area contributed by atoms with Crippen LogP contribution >= 0.6 is 11.6 Å². The molecule has 3 aromatic rings. The third kappa shape index (κ3) is 4.84. The summed E-state index contributed by atoms with van der Waals surface area (Å²) in [4.78, 5) is 65.3. The minimum atomic E-state index is -3.60. The average Bonchev–Trinajstić information content (AvgIpc) is 3.37. The highest BCUT2D eigenvalue weighted by Gasteiger charge is 2.68. The van der Waals surface area contributed by atoms with Crippen LogP contribution in [0.4, 0.5) is 5.69 Å². The van der Waals surface area contributed by atoms with E-state index < -0.39 is 73.7 Å². The number of aryl methyl sites for hydroxylation is 1. The van der Waals surface area contributed by atoms with Crippen LogP contribution in [0.25, 0.3) is 11.0 Å². The monoisotopic (exact) mass is 617 g/mol. The zero-order valence-corrected chi connectivity index (χ0v) is 23.8. The second kappa shape index (κ2) is 10.3. The number of nitrogens with zero attached hydrogens (tertiary/aromatic N) is 2. The Morgan fingerprint density at radius 3 is 2.45 bits per heavy atom. The van der Waals surface area contributed by atoms with E-state index in [0.717, 1.165) is 17.4 Å². The maximum atomic E-state index is 13.7. The third-order valence-corrected chi connectivity index (χ3v) is 9.19. The minimum Gasteiger partial charge on any atom is -0.480 e. The summed E-state index contributed by atoms with van der Waals surface area (Å²) in [6, 6.07) is 6.67. The van der Waals surface area contributed by atoms with E-state index in [2.05, 4.69) is 5.32 Å². The van der Waals surface area contributed by atoms with Crippen LogP contribution in [-0.2, 0) is 30.6 Å². The van der Waals surface area contributed by atoms with E-state index >= 15 is 0 Å². The van der Waals surface area contributed by atoms with E-state index in [1.807, 2.05) is 0 Å². The molecule has 2 aromatic carbocycles. The van der Waals surface area contributed by atoms with Crippen molar-refractivity contribution in [2.45, 2.75) is 24.9 Å². The van der Waals surface area contributed by atoms with E-state index in [4.69, 9.17) is 16.0 Å². The Labute approximate surface area is 243 Å². The van der Waals surface area contributed by atoms with Gasteiger partial charge in [-0.2, -0.15) is 0 Å². The zero-order chi connectivity index (χ0) is 30.7. The number of aliphatic carboxylic acids is 1. The molecule has 3 heterocycles. The Balaban J connectivity index is 1.66. The standard InChI is InChI=1S/C27H24ClN3O10S/c1-13-9-19-16(10-18(13)28)23(32)17(12-41-19)22-20-21(25(34)30(24(20)33)7-8-42(2,39)40)27(29-22,26(35)36)11-14-3-5-15(6-4-14)31(37)38/h3-6,9-10,12,20-22,29H,7-8,11H2,1-2H3,(H,35,36). The lowest BCUT2D eigenvalue weighted by atomic mass is 9.76. The molecule has 2 fully saturated rings. The first-order chi connectivity index (χ1) is 19.6. The van der Waals surface area contributed by atoms with Gasteiger partial charge in [-0.1, -0.05) is 23.7 Å². The molecule has 0 spiro atoms. The molecule has 4 unspecified atom stereocenters. The predicted octanol–water partition coefficient (Wildman–Crippen LogP) is 2.02. The summed E-state index contributed by atoms with van der Waals surface area (Å²) in [5.74, 6) is -6.73. The van der Waals surface area contributed by atoms with Gasteiger partial charge in [0, 0.05) is 36.4 Å². The van der Waals surface area contributed by atoms with Gasteiger partial charge in [0.05, 0.1) is 45.8 Å². The summed E-state index contributed by atoms with van der Waals surface area (Å²) in [5, 5.41) is 24.9. The lowest BCUT2D eigenvalue weighted by Gasteiger charge is -2.31. The van der Waals surface area contributed by atoms with Gasteiger partial charge in [0.1, 0.15) is 21.0 Å². The van der Waals surface area contributed by atoms with E-state index in [9.17, 15) is 42.8 Å². The maximum Gasteiger partial charge on any atom is 0.325 e. The Hall–Kier alpha value is -4.14. The second-order valence-corrected chi connectivity index (χ2v) is 13.2. The molecule has 1 aromatic heterocycles. The van der Waals surface area contributed by atoms with Crippen LogP contribution in [0.5, 0.6) is 0 Å². The van der Waals surface area contributed by atoms with Crippen LogP contribution in [0, 0.1) is 28.9 Å². The van der Waals surface area contributed by atoms with Crippen molar-refractivity contribution in [3.8, 4) is 0 Å². The predicted molar refractivity (Wildman–Crippen MR) is 149 cm³/mol. The topological polar surface area (TPSA) is 194 Å². The summed E-state index contributed by atoms with van der Waals surface area (Å²) >= 11 is 6.23. The molecule has 0 saturated carbocycles. The van der Waals surface area contributed by atoms with E-state index in [-0.39, 0.29) is 33.7 Å². The maximum absolute atomic E-state index is 13.7. The number of benzene rings is 2. The summed E-state index contributed by atoms with van der Waals surface area (Å²) < 4.78 is 29.4. The number of carbonyl (C=O) groups excluding carboxylic acids is 2. The molecule has 2 saturated heterocycles. The molecule has 2 amide bonds. The summed E-state index contributed by atoms with van der Waals surface area (Å²) in [7, 11) is -3.60. The van der Waals surface area contributed by atoms with Crippen molar-refractivity contribution in [3.05, 3.63) is 84.7 Å². The molecule has 2 aliphatic rings. The zero-order valence-electron chi connectivity index (χ0n) is 22.2.